The average molecular weight is 420 g/mol. The van der Waals surface area contributed by atoms with E-state index in [2.05, 4.69) is 9.97 Å². The lowest BCUT2D eigenvalue weighted by molar-refractivity contribution is -0.116. The third-order valence-corrected chi connectivity index (χ3v) is 5.23. The molecule has 0 fully saturated rings. The fourth-order valence-corrected chi connectivity index (χ4v) is 3.49. The zero-order valence-electron chi connectivity index (χ0n) is 15.6. The minimum Gasteiger partial charge on any atom is -0.449 e. The molecule has 1 aromatic carbocycles. The highest BCUT2D eigenvalue weighted by Crippen LogP contribution is 2.29. The van der Waals surface area contributed by atoms with Crippen LogP contribution in [0.3, 0.4) is 0 Å². The van der Waals surface area contributed by atoms with Crippen molar-refractivity contribution in [3.63, 3.8) is 0 Å². The summed E-state index contributed by atoms with van der Waals surface area (Å²) >= 11 is 7.24. The van der Waals surface area contributed by atoms with Crippen molar-refractivity contribution >= 4 is 46.7 Å². The molecule has 0 saturated heterocycles. The zero-order chi connectivity index (χ0) is 20.4. The minimum absolute atomic E-state index is 0.0357. The highest BCUT2D eigenvalue weighted by molar-refractivity contribution is 7.98. The van der Waals surface area contributed by atoms with Gasteiger partial charge < -0.3 is 9.64 Å². The van der Waals surface area contributed by atoms with Gasteiger partial charge in [0.05, 0.1) is 11.2 Å². The quantitative estimate of drug-likeness (QED) is 0.318. The van der Waals surface area contributed by atoms with Gasteiger partial charge in [-0.3, -0.25) is 9.59 Å². The summed E-state index contributed by atoms with van der Waals surface area (Å²) in [6.45, 7) is 3.60. The summed E-state index contributed by atoms with van der Waals surface area (Å²) in [4.78, 5) is 46.4. The first kappa shape index (κ1) is 20.3. The molecule has 0 N–H and O–H groups in total. The van der Waals surface area contributed by atoms with Crippen LogP contribution in [0.1, 0.15) is 40.3 Å². The first-order valence-corrected chi connectivity index (χ1v) is 10.1. The number of fused-ring (bicyclic) bond motifs is 1. The maximum atomic E-state index is 12.7. The van der Waals surface area contributed by atoms with Gasteiger partial charge in [0.25, 0.3) is 0 Å². The molecule has 0 bridgehead atoms. The Morgan fingerprint density at radius 2 is 2.07 bits per heavy atom. The lowest BCUT2D eigenvalue weighted by atomic mass is 10.0. The number of carbonyl (C=O) groups excluding carboxylic acids is 3. The molecule has 1 aliphatic rings. The van der Waals surface area contributed by atoms with E-state index < -0.39 is 12.1 Å². The fourth-order valence-electron chi connectivity index (χ4n) is 2.98. The Morgan fingerprint density at radius 3 is 2.75 bits per heavy atom. The molecule has 7 nitrogen and oxygen atoms in total. The third kappa shape index (κ3) is 4.02. The van der Waals surface area contributed by atoms with Crippen LogP contribution in [0.4, 0.5) is 5.69 Å². The van der Waals surface area contributed by atoms with Crippen molar-refractivity contribution in [3.05, 3.63) is 46.2 Å². The number of anilines is 1. The van der Waals surface area contributed by atoms with Crippen molar-refractivity contribution in [1.82, 2.24) is 9.97 Å². The molecule has 28 heavy (non-hydrogen) atoms. The maximum absolute atomic E-state index is 12.7. The standard InChI is InChI=1S/C19H18ClN3O4S/c1-10(27-18(26)16-14(20)9-21-19(22-16)28-3)17(25)13-4-5-15-12(8-13)6-7-23(15)11(2)24/h4-5,8-10H,6-7H2,1-3H3. The molecule has 0 saturated carbocycles. The molecule has 2 heterocycles. The first-order valence-electron chi connectivity index (χ1n) is 8.54. The lowest BCUT2D eigenvalue weighted by Crippen LogP contribution is -2.26. The van der Waals surface area contributed by atoms with Gasteiger partial charge >= 0.3 is 5.97 Å². The van der Waals surface area contributed by atoms with E-state index in [1.54, 1.807) is 29.4 Å². The largest absolute Gasteiger partial charge is 0.449 e. The van der Waals surface area contributed by atoms with Gasteiger partial charge in [-0.05, 0) is 43.4 Å². The second-order valence-electron chi connectivity index (χ2n) is 6.23. The predicted octanol–water partition coefficient (Wildman–Crippen LogP) is 3.19. The second kappa shape index (κ2) is 8.28. The number of rotatable bonds is 5. The number of esters is 1. The van der Waals surface area contributed by atoms with Crippen LogP contribution in [0.25, 0.3) is 0 Å². The maximum Gasteiger partial charge on any atom is 0.359 e. The number of ether oxygens (including phenoxy) is 1. The first-order chi connectivity index (χ1) is 13.3. The third-order valence-electron chi connectivity index (χ3n) is 4.39. The summed E-state index contributed by atoms with van der Waals surface area (Å²) in [5.74, 6) is -1.16. The highest BCUT2D eigenvalue weighted by atomic mass is 35.5. The molecule has 1 atom stereocenters. The summed E-state index contributed by atoms with van der Waals surface area (Å²) in [7, 11) is 0. The number of Topliss-reactive ketones (excluding diaryl/α,β-unsaturated/α-hetero) is 1. The molecule has 2 aromatic rings. The van der Waals surface area contributed by atoms with Crippen LogP contribution < -0.4 is 4.90 Å². The molecule has 0 radical (unpaired) electrons. The lowest BCUT2D eigenvalue weighted by Gasteiger charge is -2.16. The molecule has 9 heteroatoms. The number of thioether (sulfide) groups is 1. The number of aromatic nitrogens is 2. The molecular formula is C19H18ClN3O4S. The number of halogens is 1. The summed E-state index contributed by atoms with van der Waals surface area (Å²) < 4.78 is 5.27. The Kier molecular flexibility index (Phi) is 6.00. The van der Waals surface area contributed by atoms with Gasteiger partial charge in [0.2, 0.25) is 11.7 Å². The van der Waals surface area contributed by atoms with Gasteiger partial charge in [-0.25, -0.2) is 14.8 Å². The van der Waals surface area contributed by atoms with Gasteiger partial charge in [-0.15, -0.1) is 0 Å². The summed E-state index contributed by atoms with van der Waals surface area (Å²) in [5.41, 5.74) is 2.07. The van der Waals surface area contributed by atoms with E-state index in [4.69, 9.17) is 16.3 Å². The van der Waals surface area contributed by atoms with Gasteiger partial charge in [0, 0.05) is 24.7 Å². The monoisotopic (exact) mass is 419 g/mol. The normalized spacial score (nSPS) is 13.8. The molecule has 146 valence electrons. The number of amides is 1. The molecule has 1 aliphatic heterocycles. The minimum atomic E-state index is -1.01. The van der Waals surface area contributed by atoms with Crippen molar-refractivity contribution in [1.29, 1.82) is 0 Å². The Labute approximate surface area is 171 Å². The number of nitrogens with zero attached hydrogens (tertiary/aromatic N) is 3. The van der Waals surface area contributed by atoms with E-state index in [0.717, 1.165) is 11.3 Å². The molecule has 0 aliphatic carbocycles. The number of benzene rings is 1. The van der Waals surface area contributed by atoms with E-state index in [1.165, 1.54) is 31.8 Å². The van der Waals surface area contributed by atoms with Gasteiger partial charge in [-0.2, -0.15) is 0 Å². The fraction of sp³-hybridized carbons (Fsp3) is 0.316. The second-order valence-corrected chi connectivity index (χ2v) is 7.41. The van der Waals surface area contributed by atoms with Crippen LogP contribution in [0.2, 0.25) is 5.02 Å². The summed E-state index contributed by atoms with van der Waals surface area (Å²) in [6, 6.07) is 5.13. The molecule has 1 unspecified atom stereocenters. The van der Waals surface area contributed by atoms with Gasteiger partial charge in [0.1, 0.15) is 0 Å². The molecular weight excluding hydrogens is 402 g/mol. The topological polar surface area (TPSA) is 89.5 Å². The van der Waals surface area contributed by atoms with Crippen LogP contribution in [-0.4, -0.2) is 46.5 Å². The molecule has 1 aromatic heterocycles. The number of ketones is 1. The van der Waals surface area contributed by atoms with Gasteiger partial charge in [-0.1, -0.05) is 23.4 Å². The van der Waals surface area contributed by atoms with Crippen LogP contribution in [-0.2, 0) is 16.0 Å². The average Bonchev–Trinajstić information content (AvgIpc) is 3.11. The van der Waals surface area contributed by atoms with Crippen molar-refractivity contribution in [2.75, 3.05) is 17.7 Å². The van der Waals surface area contributed by atoms with Crippen LogP contribution in [0, 0.1) is 0 Å². The zero-order valence-corrected chi connectivity index (χ0v) is 17.1. The molecule has 0 spiro atoms. The molecule has 1 amide bonds. The van der Waals surface area contributed by atoms with E-state index in [1.807, 2.05) is 0 Å². The summed E-state index contributed by atoms with van der Waals surface area (Å²) in [6.07, 6.45) is 2.76. The summed E-state index contributed by atoms with van der Waals surface area (Å²) in [5, 5.41) is 0.438. The Bertz CT molecular complexity index is 966. The van der Waals surface area contributed by atoms with Crippen molar-refractivity contribution in [3.8, 4) is 0 Å². The van der Waals surface area contributed by atoms with Gasteiger partial charge in [0.15, 0.2) is 17.0 Å². The van der Waals surface area contributed by atoms with Crippen LogP contribution in [0.5, 0.6) is 0 Å². The number of hydrogen-bond donors (Lipinski definition) is 0. The highest BCUT2D eigenvalue weighted by Gasteiger charge is 2.26. The number of hydrogen-bond acceptors (Lipinski definition) is 7. The smallest absolute Gasteiger partial charge is 0.359 e. The predicted molar refractivity (Wildman–Crippen MR) is 106 cm³/mol. The van der Waals surface area contributed by atoms with E-state index in [9.17, 15) is 14.4 Å². The van der Waals surface area contributed by atoms with Crippen molar-refractivity contribution in [2.45, 2.75) is 31.5 Å². The van der Waals surface area contributed by atoms with E-state index >= 15 is 0 Å². The Morgan fingerprint density at radius 1 is 1.32 bits per heavy atom. The SMILES string of the molecule is CSc1ncc(Cl)c(C(=O)OC(C)C(=O)c2ccc3c(c2)CCN3C(C)=O)n1. The van der Waals surface area contributed by atoms with E-state index in [0.29, 0.717) is 23.7 Å². The van der Waals surface area contributed by atoms with E-state index in [-0.39, 0.29) is 22.4 Å². The molecule has 3 rings (SSSR count). The number of carbonyl (C=O) groups is 3. The van der Waals surface area contributed by atoms with Crippen molar-refractivity contribution in [2.24, 2.45) is 0 Å². The van der Waals surface area contributed by atoms with Crippen LogP contribution in [0.15, 0.2) is 29.6 Å². The Hall–Kier alpha value is -2.45. The Balaban J connectivity index is 1.75. The van der Waals surface area contributed by atoms with Crippen molar-refractivity contribution < 1.29 is 19.1 Å². The van der Waals surface area contributed by atoms with Crippen LogP contribution >= 0.6 is 23.4 Å².